The summed E-state index contributed by atoms with van der Waals surface area (Å²) in [6.45, 7) is 6.06. The Bertz CT molecular complexity index is 1590. The molecule has 1 atom stereocenters. The molecule has 3 aromatic rings. The number of pyridine rings is 1. The Labute approximate surface area is 235 Å². The van der Waals surface area contributed by atoms with Gasteiger partial charge in [0, 0.05) is 37.3 Å². The number of ether oxygens (including phenoxy) is 1. The second-order valence-corrected chi connectivity index (χ2v) is 13.4. The van der Waals surface area contributed by atoms with Gasteiger partial charge in [-0.2, -0.15) is 18.3 Å². The number of sulfonamides is 1. The zero-order chi connectivity index (χ0) is 30.0. The van der Waals surface area contributed by atoms with Crippen molar-refractivity contribution < 1.29 is 31.1 Å². The lowest BCUT2D eigenvalue weighted by Crippen LogP contribution is -2.45. The smallest absolute Gasteiger partial charge is 0.397 e. The fourth-order valence-corrected chi connectivity index (χ4v) is 6.59. The average Bonchev–Trinajstić information content (AvgIpc) is 3.46. The number of nitrogens with one attached hydrogen (secondary N) is 1. The summed E-state index contributed by atoms with van der Waals surface area (Å²) in [6, 6.07) is 4.39. The molecule has 5 rings (SSSR count). The number of nitrogens with zero attached hydrogens (tertiary/aromatic N) is 6. The third kappa shape index (κ3) is 5.26. The normalized spacial score (nSPS) is 20.4. The maximum Gasteiger partial charge on any atom is 0.397 e. The van der Waals surface area contributed by atoms with Gasteiger partial charge in [0.25, 0.3) is 15.9 Å². The molecule has 1 saturated heterocycles. The van der Waals surface area contributed by atoms with Crippen molar-refractivity contribution in [3.63, 3.8) is 0 Å². The Morgan fingerprint density at radius 3 is 2.63 bits per heavy atom. The predicted molar refractivity (Wildman–Crippen MR) is 143 cm³/mol. The van der Waals surface area contributed by atoms with Crippen molar-refractivity contribution in [2.45, 2.75) is 69.5 Å². The molecule has 1 N–H and O–H groups in total. The van der Waals surface area contributed by atoms with E-state index in [-0.39, 0.29) is 33.9 Å². The summed E-state index contributed by atoms with van der Waals surface area (Å²) < 4.78 is 76.8. The fraction of sp³-hybridized carbons (Fsp3) is 0.538. The molecule has 2 bridgehead atoms. The maximum atomic E-state index is 13.4. The molecule has 0 radical (unpaired) electrons. The summed E-state index contributed by atoms with van der Waals surface area (Å²) in [5.74, 6) is -0.438. The molecule has 2 aliphatic heterocycles. The highest BCUT2D eigenvalue weighted by molar-refractivity contribution is 7.90. The molecule has 2 aliphatic rings. The Balaban J connectivity index is 1.55. The summed E-state index contributed by atoms with van der Waals surface area (Å²) in [7, 11) is -2.54. The van der Waals surface area contributed by atoms with Crippen LogP contribution in [0.5, 0.6) is 5.88 Å². The average molecular weight is 596 g/mol. The van der Waals surface area contributed by atoms with Gasteiger partial charge in [0.1, 0.15) is 17.3 Å². The van der Waals surface area contributed by atoms with Gasteiger partial charge in [-0.05, 0) is 59.1 Å². The minimum Gasteiger partial charge on any atom is -0.476 e. The molecule has 1 amide bonds. The third-order valence-electron chi connectivity index (χ3n) is 7.77. The summed E-state index contributed by atoms with van der Waals surface area (Å²) in [5.41, 5.74) is -2.00. The van der Waals surface area contributed by atoms with Crippen molar-refractivity contribution in [3.05, 3.63) is 41.9 Å². The number of anilines is 1. The second-order valence-electron chi connectivity index (χ2n) is 11.8. The molecule has 0 saturated carbocycles. The molecule has 3 aromatic heterocycles. The Morgan fingerprint density at radius 1 is 1.20 bits per heavy atom. The fourth-order valence-electron chi connectivity index (χ4n) is 5.37. The molecule has 1 fully saturated rings. The first-order chi connectivity index (χ1) is 19.0. The van der Waals surface area contributed by atoms with E-state index in [9.17, 15) is 26.4 Å². The van der Waals surface area contributed by atoms with E-state index in [1.54, 1.807) is 11.7 Å². The largest absolute Gasteiger partial charge is 0.476 e. The number of rotatable bonds is 4. The van der Waals surface area contributed by atoms with Crippen molar-refractivity contribution in [3.8, 4) is 11.7 Å². The van der Waals surface area contributed by atoms with Gasteiger partial charge < -0.3 is 9.64 Å². The third-order valence-corrected chi connectivity index (χ3v) is 9.12. The van der Waals surface area contributed by atoms with Gasteiger partial charge in [-0.3, -0.25) is 9.48 Å². The molecular formula is C26H32F3N7O4S. The molecule has 11 nitrogen and oxygen atoms in total. The number of halogens is 3. The summed E-state index contributed by atoms with van der Waals surface area (Å²) >= 11 is 0. The zero-order valence-electron chi connectivity index (χ0n) is 23.4. The van der Waals surface area contributed by atoms with E-state index in [1.165, 1.54) is 35.3 Å². The van der Waals surface area contributed by atoms with Crippen LogP contribution in [0.1, 0.15) is 68.9 Å². The number of hydrogen-bond acceptors (Lipinski definition) is 8. The lowest BCUT2D eigenvalue weighted by molar-refractivity contribution is -0.219. The van der Waals surface area contributed by atoms with Gasteiger partial charge in [0.2, 0.25) is 5.88 Å². The number of fused-ring (bicyclic) bond motifs is 7. The first-order valence-electron chi connectivity index (χ1n) is 13.1. The van der Waals surface area contributed by atoms with Crippen LogP contribution in [0, 0.1) is 5.41 Å². The molecule has 0 aromatic carbocycles. The second kappa shape index (κ2) is 9.74. The first kappa shape index (κ1) is 28.9. The molecule has 0 aliphatic carbocycles. The van der Waals surface area contributed by atoms with Crippen LogP contribution in [0.3, 0.4) is 0 Å². The topological polar surface area (TPSA) is 124 Å². The lowest BCUT2D eigenvalue weighted by atomic mass is 9.86. The number of aryl methyl sites for hydroxylation is 1. The minimum atomic E-state index is -4.45. The molecule has 41 heavy (non-hydrogen) atoms. The summed E-state index contributed by atoms with van der Waals surface area (Å²) in [5, 5.41) is 8.43. The molecule has 15 heteroatoms. The Hall–Kier alpha value is -3.62. The van der Waals surface area contributed by atoms with Gasteiger partial charge in [-0.25, -0.2) is 22.8 Å². The van der Waals surface area contributed by atoms with E-state index >= 15 is 0 Å². The van der Waals surface area contributed by atoms with Crippen LogP contribution in [-0.2, 0) is 17.1 Å². The number of amides is 1. The molecule has 222 valence electrons. The number of carbonyl (C=O) groups excluding carboxylic acids is 1. The number of carbonyl (C=O) groups is 1. The Morgan fingerprint density at radius 2 is 1.93 bits per heavy atom. The quantitative estimate of drug-likeness (QED) is 0.481. The van der Waals surface area contributed by atoms with Gasteiger partial charge in [0.15, 0.2) is 5.82 Å². The molecule has 0 unspecified atom stereocenters. The number of alkyl halides is 3. The van der Waals surface area contributed by atoms with Crippen molar-refractivity contribution in [2.24, 2.45) is 12.5 Å². The lowest BCUT2D eigenvalue weighted by Gasteiger charge is -2.40. The van der Waals surface area contributed by atoms with E-state index < -0.39 is 39.7 Å². The van der Waals surface area contributed by atoms with Gasteiger partial charge >= 0.3 is 6.18 Å². The Kier molecular flexibility index (Phi) is 6.86. The summed E-state index contributed by atoms with van der Waals surface area (Å²) in [4.78, 5) is 20.2. The monoisotopic (exact) mass is 595 g/mol. The van der Waals surface area contributed by atoms with E-state index in [0.717, 1.165) is 13.8 Å². The van der Waals surface area contributed by atoms with E-state index in [0.29, 0.717) is 31.5 Å². The highest BCUT2D eigenvalue weighted by atomic mass is 32.2. The standard InChI is InChI=1S/C26H32F3N7O4S/c1-24(2,26(27,28)29)15-40-20-10-12-36(32-20)19-9-8-17-22(31-19)35-11-6-7-16(13-25(35,3)4)21-18(14-30-34(21)5)41(38,39)33-23(17)37/h8-10,12,14,16H,6-7,11,13,15H2,1-5H3,(H,33,37)/t16-/m1/s1. The maximum absolute atomic E-state index is 13.4. The SMILES string of the molecule is Cn1ncc2c1[C@@H]1CCCN(c3nc(-n4ccc(OCC(C)(C)C(F)(F)F)n4)ccc3C(=O)NS2(=O)=O)C(C)(C)C1. The number of hydrogen-bond donors (Lipinski definition) is 1. The number of aromatic nitrogens is 5. The highest BCUT2D eigenvalue weighted by Gasteiger charge is 2.48. The minimum absolute atomic E-state index is 0.0196. The van der Waals surface area contributed by atoms with Crippen molar-refractivity contribution in [1.29, 1.82) is 0 Å². The van der Waals surface area contributed by atoms with Crippen LogP contribution < -0.4 is 14.4 Å². The summed E-state index contributed by atoms with van der Waals surface area (Å²) in [6.07, 6.45) is 0.304. The van der Waals surface area contributed by atoms with Gasteiger partial charge in [-0.15, -0.1) is 5.10 Å². The van der Waals surface area contributed by atoms with Gasteiger partial charge in [0.05, 0.1) is 22.9 Å². The molecule has 0 spiro atoms. The van der Waals surface area contributed by atoms with E-state index in [2.05, 4.69) is 14.9 Å². The van der Waals surface area contributed by atoms with Crippen LogP contribution in [0.4, 0.5) is 19.0 Å². The predicted octanol–water partition coefficient (Wildman–Crippen LogP) is 3.95. The van der Waals surface area contributed by atoms with Crippen LogP contribution in [0.2, 0.25) is 0 Å². The van der Waals surface area contributed by atoms with E-state index in [4.69, 9.17) is 9.72 Å². The molecular weight excluding hydrogens is 563 g/mol. The zero-order valence-corrected chi connectivity index (χ0v) is 24.2. The van der Waals surface area contributed by atoms with Crippen molar-refractivity contribution in [2.75, 3.05) is 18.1 Å². The molecule has 5 heterocycles. The van der Waals surface area contributed by atoms with Crippen LogP contribution >= 0.6 is 0 Å². The first-order valence-corrected chi connectivity index (χ1v) is 14.6. The highest BCUT2D eigenvalue weighted by Crippen LogP contribution is 2.42. The van der Waals surface area contributed by atoms with Crippen molar-refractivity contribution >= 4 is 21.7 Å². The van der Waals surface area contributed by atoms with Crippen LogP contribution in [0.15, 0.2) is 35.5 Å². The van der Waals surface area contributed by atoms with E-state index in [1.807, 2.05) is 18.7 Å². The van der Waals surface area contributed by atoms with Crippen LogP contribution in [0.25, 0.3) is 5.82 Å². The van der Waals surface area contributed by atoms with Gasteiger partial charge in [-0.1, -0.05) is 0 Å². The van der Waals surface area contributed by atoms with Crippen molar-refractivity contribution in [1.82, 2.24) is 29.3 Å². The van der Waals surface area contributed by atoms with Crippen LogP contribution in [-0.4, -0.2) is 63.7 Å².